The Morgan fingerprint density at radius 2 is 1.86 bits per heavy atom. The Morgan fingerprint density at radius 1 is 1.18 bits per heavy atom. The van der Waals surface area contributed by atoms with Crippen LogP contribution in [0.15, 0.2) is 24.3 Å². The summed E-state index contributed by atoms with van der Waals surface area (Å²) in [6, 6.07) is 8.34. The van der Waals surface area contributed by atoms with Crippen molar-refractivity contribution in [2.24, 2.45) is 0 Å². The lowest BCUT2D eigenvalue weighted by Gasteiger charge is -2.36. The van der Waals surface area contributed by atoms with Crippen molar-refractivity contribution in [3.8, 4) is 0 Å². The Morgan fingerprint density at radius 3 is 2.50 bits per heavy atom. The first kappa shape index (κ1) is 16.3. The number of piperazine rings is 1. The van der Waals surface area contributed by atoms with Crippen LogP contribution in [0.2, 0.25) is 0 Å². The number of rotatable bonds is 5. The summed E-state index contributed by atoms with van der Waals surface area (Å²) in [6.45, 7) is 5.82. The maximum Gasteiger partial charge on any atom is 0.325 e. The van der Waals surface area contributed by atoms with Crippen LogP contribution in [0.3, 0.4) is 0 Å². The predicted octanol–water partition coefficient (Wildman–Crippen LogP) is 0.406. The molecular formula is C16H23N3O3. The maximum atomic E-state index is 11.8. The molecule has 1 saturated heterocycles. The van der Waals surface area contributed by atoms with Gasteiger partial charge in [0.1, 0.15) is 6.54 Å². The second-order valence-electron chi connectivity index (χ2n) is 5.40. The van der Waals surface area contributed by atoms with E-state index in [1.54, 1.807) is 0 Å². The number of carbonyl (C=O) groups excluding carboxylic acids is 2. The summed E-state index contributed by atoms with van der Waals surface area (Å²) < 4.78 is 4.49. The Balaban J connectivity index is 1.76. The van der Waals surface area contributed by atoms with E-state index in [-0.39, 0.29) is 12.5 Å². The van der Waals surface area contributed by atoms with Crippen LogP contribution in [0.1, 0.15) is 5.56 Å². The summed E-state index contributed by atoms with van der Waals surface area (Å²) in [7, 11) is 1.30. The summed E-state index contributed by atoms with van der Waals surface area (Å²) in [5, 5.41) is 2.56. The first-order valence-corrected chi connectivity index (χ1v) is 7.46. The fourth-order valence-corrected chi connectivity index (χ4v) is 2.57. The molecule has 0 spiro atoms. The van der Waals surface area contributed by atoms with Gasteiger partial charge >= 0.3 is 5.97 Å². The molecule has 1 N–H and O–H groups in total. The average Bonchev–Trinajstić information content (AvgIpc) is 2.54. The largest absolute Gasteiger partial charge is 0.468 e. The van der Waals surface area contributed by atoms with Crippen LogP contribution in [0.5, 0.6) is 0 Å². The van der Waals surface area contributed by atoms with Gasteiger partial charge in [0.25, 0.3) is 0 Å². The van der Waals surface area contributed by atoms with Crippen molar-refractivity contribution in [1.82, 2.24) is 10.2 Å². The Bertz CT molecular complexity index is 525. The first-order chi connectivity index (χ1) is 10.6. The minimum absolute atomic E-state index is 0.0709. The van der Waals surface area contributed by atoms with Crippen molar-refractivity contribution >= 4 is 17.6 Å². The fourth-order valence-electron chi connectivity index (χ4n) is 2.57. The standard InChI is InChI=1S/C16H23N3O3/c1-13-5-3-4-6-14(13)19-9-7-18(8-10-19)12-15(20)17-11-16(21)22-2/h3-6H,7-12H2,1-2H3,(H,17,20). The van der Waals surface area contributed by atoms with Crippen molar-refractivity contribution < 1.29 is 14.3 Å². The van der Waals surface area contributed by atoms with Crippen molar-refractivity contribution in [1.29, 1.82) is 0 Å². The number of hydrogen-bond donors (Lipinski definition) is 1. The molecule has 1 aromatic carbocycles. The highest BCUT2D eigenvalue weighted by molar-refractivity contribution is 5.83. The molecule has 1 aliphatic heterocycles. The van der Waals surface area contributed by atoms with E-state index in [1.807, 2.05) is 6.07 Å². The third kappa shape index (κ3) is 4.46. The lowest BCUT2D eigenvalue weighted by atomic mass is 10.1. The number of anilines is 1. The molecular weight excluding hydrogens is 282 g/mol. The van der Waals surface area contributed by atoms with Gasteiger partial charge in [-0.3, -0.25) is 14.5 Å². The van der Waals surface area contributed by atoms with Crippen LogP contribution >= 0.6 is 0 Å². The van der Waals surface area contributed by atoms with Crippen LogP contribution in [-0.4, -0.2) is 63.2 Å². The molecule has 1 fully saturated rings. The average molecular weight is 305 g/mol. The number of hydrogen-bond acceptors (Lipinski definition) is 5. The molecule has 0 aliphatic carbocycles. The van der Waals surface area contributed by atoms with Gasteiger partial charge in [-0.15, -0.1) is 0 Å². The van der Waals surface area contributed by atoms with Crippen LogP contribution < -0.4 is 10.2 Å². The Kier molecular flexibility index (Phi) is 5.77. The molecule has 0 saturated carbocycles. The van der Waals surface area contributed by atoms with Crippen LogP contribution in [-0.2, 0) is 14.3 Å². The number of para-hydroxylation sites is 1. The third-order valence-electron chi connectivity index (χ3n) is 3.85. The highest BCUT2D eigenvalue weighted by Gasteiger charge is 2.20. The van der Waals surface area contributed by atoms with Gasteiger partial charge in [-0.25, -0.2) is 0 Å². The quantitative estimate of drug-likeness (QED) is 0.798. The summed E-state index contributed by atoms with van der Waals surface area (Å²) in [6.07, 6.45) is 0. The molecule has 0 radical (unpaired) electrons. The molecule has 1 aliphatic rings. The molecule has 0 atom stereocenters. The molecule has 6 nitrogen and oxygen atoms in total. The monoisotopic (exact) mass is 305 g/mol. The fraction of sp³-hybridized carbons (Fsp3) is 0.500. The summed E-state index contributed by atoms with van der Waals surface area (Å²) in [5.41, 5.74) is 2.53. The van der Waals surface area contributed by atoms with Gasteiger partial charge in [0.2, 0.25) is 5.91 Å². The topological polar surface area (TPSA) is 61.9 Å². The highest BCUT2D eigenvalue weighted by Crippen LogP contribution is 2.20. The zero-order valence-electron chi connectivity index (χ0n) is 13.2. The third-order valence-corrected chi connectivity index (χ3v) is 3.85. The Labute approximate surface area is 131 Å². The predicted molar refractivity (Wildman–Crippen MR) is 84.9 cm³/mol. The molecule has 22 heavy (non-hydrogen) atoms. The number of benzene rings is 1. The number of aryl methyl sites for hydroxylation is 1. The second-order valence-corrected chi connectivity index (χ2v) is 5.40. The Hall–Kier alpha value is -2.08. The van der Waals surface area contributed by atoms with E-state index >= 15 is 0 Å². The van der Waals surface area contributed by atoms with Crippen LogP contribution in [0, 0.1) is 6.92 Å². The van der Waals surface area contributed by atoms with E-state index in [4.69, 9.17) is 0 Å². The van der Waals surface area contributed by atoms with E-state index in [0.717, 1.165) is 26.2 Å². The molecule has 6 heteroatoms. The molecule has 120 valence electrons. The van der Waals surface area contributed by atoms with Gasteiger partial charge in [-0.2, -0.15) is 0 Å². The molecule has 1 heterocycles. The van der Waals surface area contributed by atoms with E-state index in [0.29, 0.717) is 6.54 Å². The number of methoxy groups -OCH3 is 1. The van der Waals surface area contributed by atoms with Gasteiger partial charge < -0.3 is 15.0 Å². The molecule has 0 aromatic heterocycles. The van der Waals surface area contributed by atoms with Crippen LogP contribution in [0.25, 0.3) is 0 Å². The van der Waals surface area contributed by atoms with Gasteiger partial charge in [-0.05, 0) is 18.6 Å². The summed E-state index contributed by atoms with van der Waals surface area (Å²) >= 11 is 0. The normalized spacial score (nSPS) is 15.5. The van der Waals surface area contributed by atoms with Gasteiger partial charge in [0, 0.05) is 31.9 Å². The molecule has 1 aromatic rings. The minimum Gasteiger partial charge on any atom is -0.468 e. The van der Waals surface area contributed by atoms with Gasteiger partial charge in [0.15, 0.2) is 0 Å². The van der Waals surface area contributed by atoms with Crippen molar-refractivity contribution in [2.45, 2.75) is 6.92 Å². The smallest absolute Gasteiger partial charge is 0.325 e. The number of nitrogens with one attached hydrogen (secondary N) is 1. The lowest BCUT2D eigenvalue weighted by Crippen LogP contribution is -2.50. The molecule has 0 bridgehead atoms. The van der Waals surface area contributed by atoms with Crippen LogP contribution in [0.4, 0.5) is 5.69 Å². The van der Waals surface area contributed by atoms with Crippen molar-refractivity contribution in [2.75, 3.05) is 51.3 Å². The molecule has 0 unspecified atom stereocenters. The van der Waals surface area contributed by atoms with E-state index < -0.39 is 5.97 Å². The molecule has 1 amide bonds. The number of ether oxygens (including phenoxy) is 1. The number of esters is 1. The lowest BCUT2D eigenvalue weighted by molar-refractivity contribution is -0.141. The van der Waals surface area contributed by atoms with E-state index in [1.165, 1.54) is 18.4 Å². The maximum absolute atomic E-state index is 11.8. The summed E-state index contributed by atoms with van der Waals surface area (Å²) in [4.78, 5) is 27.2. The highest BCUT2D eigenvalue weighted by atomic mass is 16.5. The minimum atomic E-state index is -0.433. The SMILES string of the molecule is COC(=O)CNC(=O)CN1CCN(c2ccccc2C)CC1. The number of nitrogens with zero attached hydrogens (tertiary/aromatic N) is 2. The molecule has 2 rings (SSSR count). The number of amides is 1. The van der Waals surface area contributed by atoms with Crippen molar-refractivity contribution in [3.63, 3.8) is 0 Å². The summed E-state index contributed by atoms with van der Waals surface area (Å²) in [5.74, 6) is -0.576. The first-order valence-electron chi connectivity index (χ1n) is 7.46. The number of carbonyl (C=O) groups is 2. The van der Waals surface area contributed by atoms with E-state index in [9.17, 15) is 9.59 Å². The van der Waals surface area contributed by atoms with E-state index in [2.05, 4.69) is 45.0 Å². The zero-order chi connectivity index (χ0) is 15.9. The van der Waals surface area contributed by atoms with Gasteiger partial charge in [0.05, 0.1) is 13.7 Å². The van der Waals surface area contributed by atoms with Gasteiger partial charge in [-0.1, -0.05) is 18.2 Å². The second kappa shape index (κ2) is 7.79. The zero-order valence-corrected chi connectivity index (χ0v) is 13.2. The van der Waals surface area contributed by atoms with Crippen molar-refractivity contribution in [3.05, 3.63) is 29.8 Å².